The van der Waals surface area contributed by atoms with Crippen LogP contribution in [-0.2, 0) is 10.2 Å². The van der Waals surface area contributed by atoms with E-state index >= 15 is 0 Å². The summed E-state index contributed by atoms with van der Waals surface area (Å²) in [4.78, 5) is 15.1. The first-order chi connectivity index (χ1) is 7.08. The van der Waals surface area contributed by atoms with E-state index in [0.717, 1.165) is 24.1 Å². The van der Waals surface area contributed by atoms with Crippen LogP contribution in [0.4, 0.5) is 0 Å². The van der Waals surface area contributed by atoms with Crippen molar-refractivity contribution >= 4 is 5.97 Å². The van der Waals surface area contributed by atoms with E-state index in [1.54, 1.807) is 6.20 Å². The molecule has 1 saturated carbocycles. The van der Waals surface area contributed by atoms with Crippen molar-refractivity contribution in [3.05, 3.63) is 29.6 Å². The van der Waals surface area contributed by atoms with E-state index in [4.69, 9.17) is 10.8 Å². The molecule has 2 rings (SSSR count). The second-order valence-electron chi connectivity index (χ2n) is 4.11. The summed E-state index contributed by atoms with van der Waals surface area (Å²) < 4.78 is 0. The first kappa shape index (κ1) is 10.1. The molecule has 0 spiro atoms. The Morgan fingerprint density at radius 1 is 1.67 bits per heavy atom. The molecule has 1 atom stereocenters. The van der Waals surface area contributed by atoms with Crippen molar-refractivity contribution < 1.29 is 9.90 Å². The molecule has 0 aliphatic heterocycles. The Bertz CT molecular complexity index is 399. The number of aliphatic carboxylic acids is 1. The van der Waals surface area contributed by atoms with Crippen LogP contribution in [0.3, 0.4) is 0 Å². The second kappa shape index (κ2) is 3.31. The lowest BCUT2D eigenvalue weighted by molar-refractivity contribution is -0.139. The van der Waals surface area contributed by atoms with E-state index in [1.807, 2.05) is 19.1 Å². The zero-order valence-corrected chi connectivity index (χ0v) is 8.60. The molecular formula is C11H14N2O2. The maximum Gasteiger partial charge on any atom is 0.321 e. The molecule has 1 aromatic heterocycles. The molecule has 3 N–H and O–H groups in total. The van der Waals surface area contributed by atoms with Crippen LogP contribution in [0.1, 0.15) is 24.1 Å². The van der Waals surface area contributed by atoms with Crippen LogP contribution >= 0.6 is 0 Å². The Morgan fingerprint density at radius 3 is 2.80 bits per heavy atom. The molecule has 1 fully saturated rings. The van der Waals surface area contributed by atoms with Crippen LogP contribution in [0, 0.1) is 6.92 Å². The number of aryl methyl sites for hydroxylation is 1. The number of carbonyl (C=O) groups is 1. The van der Waals surface area contributed by atoms with Crippen molar-refractivity contribution in [1.29, 1.82) is 0 Å². The third-order valence-corrected chi connectivity index (χ3v) is 3.19. The number of carboxylic acid groups (broad SMARTS) is 1. The molecule has 1 aromatic rings. The van der Waals surface area contributed by atoms with Crippen LogP contribution in [-0.4, -0.2) is 22.1 Å². The van der Waals surface area contributed by atoms with Gasteiger partial charge in [-0.05, 0) is 31.4 Å². The van der Waals surface area contributed by atoms with Gasteiger partial charge in [0.15, 0.2) is 0 Å². The molecule has 80 valence electrons. The van der Waals surface area contributed by atoms with E-state index in [0.29, 0.717) is 0 Å². The maximum absolute atomic E-state index is 10.9. The van der Waals surface area contributed by atoms with Crippen molar-refractivity contribution in [2.75, 3.05) is 0 Å². The number of hydrogen-bond donors (Lipinski definition) is 2. The van der Waals surface area contributed by atoms with Gasteiger partial charge in [-0.3, -0.25) is 9.78 Å². The summed E-state index contributed by atoms with van der Waals surface area (Å²) in [6.07, 6.45) is 3.39. The Labute approximate surface area is 88.1 Å². The number of carboxylic acids is 1. The summed E-state index contributed by atoms with van der Waals surface area (Å²) in [6, 6.07) is 2.94. The molecular weight excluding hydrogens is 192 g/mol. The van der Waals surface area contributed by atoms with Crippen molar-refractivity contribution in [3.8, 4) is 0 Å². The highest BCUT2D eigenvalue weighted by Crippen LogP contribution is 2.51. The Kier molecular flexibility index (Phi) is 2.23. The van der Waals surface area contributed by atoms with Gasteiger partial charge in [-0.15, -0.1) is 0 Å². The SMILES string of the molecule is Cc1ncccc1C1(C(N)C(=O)O)CC1. The molecule has 1 unspecified atom stereocenters. The van der Waals surface area contributed by atoms with E-state index < -0.39 is 12.0 Å². The minimum absolute atomic E-state index is 0.371. The Morgan fingerprint density at radius 2 is 2.33 bits per heavy atom. The predicted molar refractivity (Wildman–Crippen MR) is 55.5 cm³/mol. The third-order valence-electron chi connectivity index (χ3n) is 3.19. The van der Waals surface area contributed by atoms with Crippen LogP contribution in [0.15, 0.2) is 18.3 Å². The van der Waals surface area contributed by atoms with Crippen LogP contribution < -0.4 is 5.73 Å². The standard InChI is InChI=1S/C11H14N2O2/c1-7-8(3-2-6-13-7)11(4-5-11)9(12)10(14)15/h2-3,6,9H,4-5,12H2,1H3,(H,14,15). The lowest BCUT2D eigenvalue weighted by atomic mass is 9.87. The number of aromatic nitrogens is 1. The molecule has 4 nitrogen and oxygen atoms in total. The molecule has 0 aromatic carbocycles. The highest BCUT2D eigenvalue weighted by atomic mass is 16.4. The fourth-order valence-electron chi connectivity index (χ4n) is 2.13. The summed E-state index contributed by atoms with van der Waals surface area (Å²) in [7, 11) is 0. The molecule has 4 heteroatoms. The van der Waals surface area contributed by atoms with Gasteiger partial charge in [-0.2, -0.15) is 0 Å². The molecule has 1 aliphatic carbocycles. The quantitative estimate of drug-likeness (QED) is 0.768. The summed E-state index contributed by atoms with van der Waals surface area (Å²) in [5.41, 5.74) is 7.23. The zero-order valence-electron chi connectivity index (χ0n) is 8.60. The van der Waals surface area contributed by atoms with E-state index in [-0.39, 0.29) is 5.41 Å². The highest BCUT2D eigenvalue weighted by Gasteiger charge is 2.53. The summed E-state index contributed by atoms with van der Waals surface area (Å²) in [6.45, 7) is 1.89. The fraction of sp³-hybridized carbons (Fsp3) is 0.455. The molecule has 15 heavy (non-hydrogen) atoms. The Hall–Kier alpha value is -1.42. The van der Waals surface area contributed by atoms with Crippen molar-refractivity contribution in [2.24, 2.45) is 5.73 Å². The number of nitrogens with zero attached hydrogens (tertiary/aromatic N) is 1. The summed E-state index contributed by atoms with van der Waals surface area (Å²) in [5.74, 6) is -0.934. The van der Waals surface area contributed by atoms with Crippen molar-refractivity contribution in [2.45, 2.75) is 31.2 Å². The van der Waals surface area contributed by atoms with Gasteiger partial charge in [-0.25, -0.2) is 0 Å². The molecule has 0 amide bonds. The van der Waals surface area contributed by atoms with Crippen LogP contribution in [0.5, 0.6) is 0 Å². The molecule has 0 radical (unpaired) electrons. The number of rotatable bonds is 3. The van der Waals surface area contributed by atoms with Crippen LogP contribution in [0.25, 0.3) is 0 Å². The normalized spacial score (nSPS) is 19.6. The monoisotopic (exact) mass is 206 g/mol. The number of pyridine rings is 1. The summed E-state index contributed by atoms with van der Waals surface area (Å²) in [5, 5.41) is 8.96. The van der Waals surface area contributed by atoms with E-state index in [9.17, 15) is 4.79 Å². The number of hydrogen-bond acceptors (Lipinski definition) is 3. The van der Waals surface area contributed by atoms with E-state index in [2.05, 4.69) is 4.98 Å². The highest BCUT2D eigenvalue weighted by molar-refractivity contribution is 5.77. The minimum atomic E-state index is -0.934. The van der Waals surface area contributed by atoms with Gasteiger partial charge in [0.25, 0.3) is 0 Å². The molecule has 0 bridgehead atoms. The minimum Gasteiger partial charge on any atom is -0.480 e. The van der Waals surface area contributed by atoms with Gasteiger partial charge in [0.05, 0.1) is 0 Å². The smallest absolute Gasteiger partial charge is 0.321 e. The maximum atomic E-state index is 10.9. The average Bonchev–Trinajstić information content (AvgIpc) is 2.98. The van der Waals surface area contributed by atoms with Gasteiger partial charge < -0.3 is 10.8 Å². The fourth-order valence-corrected chi connectivity index (χ4v) is 2.13. The molecule has 0 saturated heterocycles. The van der Waals surface area contributed by atoms with Gasteiger partial charge >= 0.3 is 5.97 Å². The zero-order chi connectivity index (χ0) is 11.1. The lowest BCUT2D eigenvalue weighted by Gasteiger charge is -2.21. The van der Waals surface area contributed by atoms with Gasteiger partial charge in [0, 0.05) is 17.3 Å². The van der Waals surface area contributed by atoms with Crippen molar-refractivity contribution in [3.63, 3.8) is 0 Å². The first-order valence-electron chi connectivity index (χ1n) is 4.98. The van der Waals surface area contributed by atoms with Gasteiger partial charge in [0.1, 0.15) is 6.04 Å². The van der Waals surface area contributed by atoms with Crippen LogP contribution in [0.2, 0.25) is 0 Å². The van der Waals surface area contributed by atoms with Gasteiger partial charge in [0.2, 0.25) is 0 Å². The lowest BCUT2D eigenvalue weighted by Crippen LogP contribution is -2.42. The third kappa shape index (κ3) is 1.51. The van der Waals surface area contributed by atoms with Gasteiger partial charge in [-0.1, -0.05) is 6.07 Å². The first-order valence-corrected chi connectivity index (χ1v) is 4.98. The molecule has 1 heterocycles. The topological polar surface area (TPSA) is 76.2 Å². The number of nitrogens with two attached hydrogens (primary N) is 1. The second-order valence-corrected chi connectivity index (χ2v) is 4.11. The Balaban J connectivity index is 2.39. The largest absolute Gasteiger partial charge is 0.480 e. The summed E-state index contributed by atoms with van der Waals surface area (Å²) >= 11 is 0. The molecule has 1 aliphatic rings. The average molecular weight is 206 g/mol. The van der Waals surface area contributed by atoms with Crippen molar-refractivity contribution in [1.82, 2.24) is 4.98 Å². The van der Waals surface area contributed by atoms with E-state index in [1.165, 1.54) is 0 Å². The predicted octanol–water partition coefficient (Wildman–Crippen LogP) is 0.834.